The third kappa shape index (κ3) is 4.12. The fourth-order valence-electron chi connectivity index (χ4n) is 2.44. The van der Waals surface area contributed by atoms with Crippen molar-refractivity contribution in [3.63, 3.8) is 0 Å². The lowest BCUT2D eigenvalue weighted by Crippen LogP contribution is -1.85. The Balaban J connectivity index is 1.43. The van der Waals surface area contributed by atoms with Gasteiger partial charge in [0, 0.05) is 11.1 Å². The molecular formula is C18H16N6O2S2. The largest absolute Gasteiger partial charge is 0.497 e. The zero-order chi connectivity index (χ0) is 19.3. The van der Waals surface area contributed by atoms with Crippen molar-refractivity contribution >= 4 is 21.6 Å². The van der Waals surface area contributed by atoms with Crippen molar-refractivity contribution in [3.8, 4) is 34.3 Å². The minimum Gasteiger partial charge on any atom is -0.497 e. The molecule has 8 nitrogen and oxygen atoms in total. The second-order valence-corrected chi connectivity index (χ2v) is 7.63. The molecule has 142 valence electrons. The lowest BCUT2D eigenvalue weighted by atomic mass is 10.2. The first-order valence-electron chi connectivity index (χ1n) is 8.23. The van der Waals surface area contributed by atoms with E-state index in [0.29, 0.717) is 22.0 Å². The molecular weight excluding hydrogens is 396 g/mol. The average molecular weight is 413 g/mol. The highest BCUT2D eigenvalue weighted by molar-refractivity contribution is 8.76. The summed E-state index contributed by atoms with van der Waals surface area (Å²) >= 11 is 0. The fraction of sp³-hybridized carbons (Fsp3) is 0.111. The maximum atomic E-state index is 5.24. The molecule has 2 aromatic carbocycles. The van der Waals surface area contributed by atoms with Crippen molar-refractivity contribution in [3.05, 3.63) is 48.5 Å². The van der Waals surface area contributed by atoms with Gasteiger partial charge in [-0.05, 0) is 45.9 Å². The van der Waals surface area contributed by atoms with Crippen LogP contribution in [-0.4, -0.2) is 44.6 Å². The smallest absolute Gasteiger partial charge is 0.219 e. The Morgan fingerprint density at radius 2 is 1.18 bits per heavy atom. The van der Waals surface area contributed by atoms with Gasteiger partial charge in [-0.15, -0.1) is 10.2 Å². The van der Waals surface area contributed by atoms with Gasteiger partial charge in [0.1, 0.15) is 11.5 Å². The molecule has 0 saturated carbocycles. The van der Waals surface area contributed by atoms with Crippen molar-refractivity contribution in [1.82, 2.24) is 30.4 Å². The highest BCUT2D eigenvalue weighted by atomic mass is 33.1. The van der Waals surface area contributed by atoms with Gasteiger partial charge in [0.2, 0.25) is 10.3 Å². The van der Waals surface area contributed by atoms with E-state index >= 15 is 0 Å². The van der Waals surface area contributed by atoms with E-state index in [0.717, 1.165) is 22.6 Å². The van der Waals surface area contributed by atoms with E-state index in [9.17, 15) is 0 Å². The van der Waals surface area contributed by atoms with Gasteiger partial charge in [-0.25, -0.2) is 9.97 Å². The molecule has 0 spiro atoms. The van der Waals surface area contributed by atoms with E-state index in [1.807, 2.05) is 48.5 Å². The van der Waals surface area contributed by atoms with Gasteiger partial charge in [0.25, 0.3) is 0 Å². The van der Waals surface area contributed by atoms with E-state index in [4.69, 9.17) is 9.47 Å². The number of H-pyrrole nitrogens is 2. The number of ether oxygens (including phenoxy) is 2. The summed E-state index contributed by atoms with van der Waals surface area (Å²) in [7, 11) is 6.02. The molecule has 0 aliphatic heterocycles. The second kappa shape index (κ2) is 8.36. The number of hydrogen-bond acceptors (Lipinski definition) is 8. The zero-order valence-corrected chi connectivity index (χ0v) is 16.7. The maximum Gasteiger partial charge on any atom is 0.219 e. The minimum atomic E-state index is 0.593. The first kappa shape index (κ1) is 18.4. The summed E-state index contributed by atoms with van der Waals surface area (Å²) in [5.41, 5.74) is 1.81. The first-order valence-corrected chi connectivity index (χ1v) is 10.4. The highest BCUT2D eigenvalue weighted by Crippen LogP contribution is 2.35. The van der Waals surface area contributed by atoms with Gasteiger partial charge in [0.15, 0.2) is 11.6 Å². The number of benzene rings is 2. The second-order valence-electron chi connectivity index (χ2n) is 5.56. The number of aromatic amines is 2. The summed E-state index contributed by atoms with van der Waals surface area (Å²) in [6.07, 6.45) is 0. The molecule has 0 amide bonds. The van der Waals surface area contributed by atoms with E-state index in [-0.39, 0.29) is 0 Å². The molecule has 2 aromatic heterocycles. The van der Waals surface area contributed by atoms with Crippen LogP contribution in [0.4, 0.5) is 0 Å². The molecule has 0 bridgehead atoms. The zero-order valence-electron chi connectivity index (χ0n) is 15.0. The molecule has 0 atom stereocenters. The summed E-state index contributed by atoms with van der Waals surface area (Å²) in [5, 5.41) is 15.5. The molecule has 0 radical (unpaired) electrons. The third-order valence-corrected chi connectivity index (χ3v) is 5.70. The summed E-state index contributed by atoms with van der Waals surface area (Å²) in [4.78, 5) is 8.99. The normalized spacial score (nSPS) is 10.8. The number of nitrogens with zero attached hydrogens (tertiary/aromatic N) is 4. The molecule has 0 aliphatic rings. The third-order valence-electron chi connectivity index (χ3n) is 3.81. The van der Waals surface area contributed by atoms with Crippen LogP contribution in [0, 0.1) is 0 Å². The summed E-state index contributed by atoms with van der Waals surface area (Å²) < 4.78 is 10.5. The summed E-state index contributed by atoms with van der Waals surface area (Å²) in [6, 6.07) is 15.3. The van der Waals surface area contributed by atoms with Crippen LogP contribution in [0.2, 0.25) is 0 Å². The van der Waals surface area contributed by atoms with Crippen molar-refractivity contribution in [1.29, 1.82) is 0 Å². The van der Waals surface area contributed by atoms with Gasteiger partial charge >= 0.3 is 0 Å². The highest BCUT2D eigenvalue weighted by Gasteiger charge is 2.11. The van der Waals surface area contributed by atoms with Gasteiger partial charge < -0.3 is 9.47 Å². The van der Waals surface area contributed by atoms with Crippen molar-refractivity contribution < 1.29 is 9.47 Å². The standard InChI is InChI=1S/C18H16N6O2S2/c1-25-13-7-3-5-11(9-13)15-19-17(23-21-15)27-28-18-20-16(22-24-18)12-6-4-8-14(10-12)26-2/h3-10H,1-2H3,(H,19,21,23)(H,20,22,24). The molecule has 28 heavy (non-hydrogen) atoms. The van der Waals surface area contributed by atoms with Crippen LogP contribution in [0.25, 0.3) is 22.8 Å². The summed E-state index contributed by atoms with van der Waals surface area (Å²) in [5.74, 6) is 2.88. The van der Waals surface area contributed by atoms with E-state index < -0.39 is 0 Å². The van der Waals surface area contributed by atoms with Crippen molar-refractivity contribution in [2.45, 2.75) is 10.3 Å². The van der Waals surface area contributed by atoms with Crippen LogP contribution in [0.1, 0.15) is 0 Å². The first-order chi connectivity index (χ1) is 13.7. The van der Waals surface area contributed by atoms with Gasteiger partial charge in [-0.2, -0.15) is 0 Å². The average Bonchev–Trinajstić information content (AvgIpc) is 3.42. The Bertz CT molecular complexity index is 995. The molecule has 0 aliphatic carbocycles. The predicted octanol–water partition coefficient (Wildman–Crippen LogP) is 4.07. The van der Waals surface area contributed by atoms with Crippen LogP contribution in [0.15, 0.2) is 58.8 Å². The number of hydrogen-bond donors (Lipinski definition) is 2. The molecule has 2 heterocycles. The van der Waals surface area contributed by atoms with Crippen LogP contribution in [0.5, 0.6) is 11.5 Å². The van der Waals surface area contributed by atoms with Gasteiger partial charge in [-0.1, -0.05) is 24.3 Å². The van der Waals surface area contributed by atoms with Crippen LogP contribution >= 0.6 is 21.6 Å². The van der Waals surface area contributed by atoms with Crippen molar-refractivity contribution in [2.75, 3.05) is 14.2 Å². The topological polar surface area (TPSA) is 102 Å². The molecule has 10 heteroatoms. The molecule has 0 fully saturated rings. The maximum absolute atomic E-state index is 5.24. The fourth-order valence-corrected chi connectivity index (χ4v) is 3.91. The Morgan fingerprint density at radius 3 is 1.61 bits per heavy atom. The minimum absolute atomic E-state index is 0.593. The molecule has 0 unspecified atom stereocenters. The van der Waals surface area contributed by atoms with Crippen LogP contribution < -0.4 is 9.47 Å². The van der Waals surface area contributed by atoms with E-state index in [2.05, 4.69) is 30.4 Å². The van der Waals surface area contributed by atoms with Gasteiger partial charge in [-0.3, -0.25) is 10.2 Å². The quantitative estimate of drug-likeness (QED) is 0.438. The van der Waals surface area contributed by atoms with Crippen LogP contribution in [0.3, 0.4) is 0 Å². The lowest BCUT2D eigenvalue weighted by Gasteiger charge is -2.00. The van der Waals surface area contributed by atoms with E-state index in [1.165, 1.54) is 21.6 Å². The predicted molar refractivity (Wildman–Crippen MR) is 108 cm³/mol. The molecule has 4 rings (SSSR count). The molecule has 4 aromatic rings. The Labute approximate surface area is 168 Å². The van der Waals surface area contributed by atoms with Gasteiger partial charge in [0.05, 0.1) is 14.2 Å². The Hall–Kier alpha value is -2.98. The van der Waals surface area contributed by atoms with Crippen molar-refractivity contribution in [2.24, 2.45) is 0 Å². The summed E-state index contributed by atoms with van der Waals surface area (Å²) in [6.45, 7) is 0. The van der Waals surface area contributed by atoms with E-state index in [1.54, 1.807) is 14.2 Å². The number of aromatic nitrogens is 6. The monoisotopic (exact) mass is 412 g/mol. The lowest BCUT2D eigenvalue weighted by molar-refractivity contribution is 0.415. The number of rotatable bonds is 7. The molecule has 2 N–H and O–H groups in total. The SMILES string of the molecule is COc1cccc(-c2nc(SSc3n[nH]c(-c4cccc(OC)c4)n3)n[nH]2)c1. The Kier molecular flexibility index (Phi) is 5.49. The molecule has 0 saturated heterocycles. The number of nitrogens with one attached hydrogen (secondary N) is 2. The van der Waals surface area contributed by atoms with Crippen LogP contribution in [-0.2, 0) is 0 Å². The Morgan fingerprint density at radius 1 is 0.714 bits per heavy atom. The number of methoxy groups -OCH3 is 2.